The third-order valence-corrected chi connectivity index (χ3v) is 0.979. The summed E-state index contributed by atoms with van der Waals surface area (Å²) < 4.78 is 43.8. The number of hydrogen-bond donors (Lipinski definition) is 3. The van der Waals surface area contributed by atoms with Crippen LogP contribution in [0.25, 0.3) is 0 Å². The second-order valence-corrected chi connectivity index (χ2v) is 1.82. The molecule has 0 atom stereocenters. The second kappa shape index (κ2) is 23.0. The fourth-order valence-electron chi connectivity index (χ4n) is 0.501. The maximum Gasteiger partial charge on any atom is 0.0428 e. The summed E-state index contributed by atoms with van der Waals surface area (Å²) in [6, 6.07) is 0. The van der Waals surface area contributed by atoms with Crippen LogP contribution in [0.5, 0.6) is 0 Å². The number of nitrogens with two attached hydrogens (primary N) is 2. The van der Waals surface area contributed by atoms with Crippen molar-refractivity contribution >= 4 is 37.2 Å². The van der Waals surface area contributed by atoms with Gasteiger partial charge in [-0.3, -0.25) is 0 Å². The molecule has 0 fully saturated rings. The minimum absolute atomic E-state index is 0. The van der Waals surface area contributed by atoms with E-state index >= 15 is 0 Å². The normalized spacial score (nSPS) is 18.0. The van der Waals surface area contributed by atoms with Crippen LogP contribution in [0.15, 0.2) is 0 Å². The van der Waals surface area contributed by atoms with Gasteiger partial charge in [-0.1, -0.05) is 0 Å². The van der Waals surface area contributed by atoms with Gasteiger partial charge in [0.2, 0.25) is 0 Å². The molecule has 0 radical (unpaired) electrons. The van der Waals surface area contributed by atoms with Gasteiger partial charge in [0.15, 0.2) is 0 Å². The van der Waals surface area contributed by atoms with Gasteiger partial charge >= 0.3 is 0 Å². The first-order valence-electron chi connectivity index (χ1n) is 6.30. The van der Waals surface area contributed by atoms with Gasteiger partial charge in [0.1, 0.15) is 0 Å². The monoisotopic (exact) mass is 259 g/mol. The van der Waals surface area contributed by atoms with Crippen molar-refractivity contribution < 1.29 is 8.22 Å². The second-order valence-electron chi connectivity index (χ2n) is 1.82. The first-order chi connectivity index (χ1) is 7.06. The van der Waals surface area contributed by atoms with E-state index < -0.39 is 19.4 Å². The van der Waals surface area contributed by atoms with Crippen LogP contribution in [-0.4, -0.2) is 26.1 Å². The zero-order valence-corrected chi connectivity index (χ0v) is 9.66. The molecule has 5 N–H and O–H groups in total. The maximum atomic E-state index is 7.45. The molecule has 3 nitrogen and oxygen atoms in total. The lowest BCUT2D eigenvalue weighted by Gasteiger charge is -2.01. The number of hydrogen-bond acceptors (Lipinski definition) is 3. The van der Waals surface area contributed by atoms with Crippen molar-refractivity contribution in [1.82, 2.24) is 5.32 Å². The summed E-state index contributed by atoms with van der Waals surface area (Å²) in [5.41, 5.74) is 10.2. The number of unbranched alkanes of at least 4 members (excludes halogenated alkanes) is 1. The Bertz CT molecular complexity index is 227. The van der Waals surface area contributed by atoms with Gasteiger partial charge in [-0.05, 0) is 45.3 Å². The Morgan fingerprint density at radius 1 is 1.08 bits per heavy atom. The SMILES string of the molecule is Cl.Cl.Cl.[2H]C([2H])(N)C([2H])([2H])C([2H])([2H])NCCCCN. The highest BCUT2D eigenvalue weighted by atomic mass is 35.5. The van der Waals surface area contributed by atoms with Crippen molar-refractivity contribution in [1.29, 1.82) is 0 Å². The van der Waals surface area contributed by atoms with Crippen LogP contribution in [0.4, 0.5) is 0 Å². The fourth-order valence-corrected chi connectivity index (χ4v) is 0.501. The lowest BCUT2D eigenvalue weighted by atomic mass is 10.3. The van der Waals surface area contributed by atoms with Crippen LogP contribution in [0.2, 0.25) is 0 Å². The first-order valence-corrected chi connectivity index (χ1v) is 3.30. The van der Waals surface area contributed by atoms with Crippen LogP contribution < -0.4 is 16.8 Å². The summed E-state index contributed by atoms with van der Waals surface area (Å²) in [6.07, 6.45) is -1.52. The van der Waals surface area contributed by atoms with E-state index in [0.29, 0.717) is 19.4 Å². The van der Waals surface area contributed by atoms with Gasteiger partial charge in [-0.15, -0.1) is 37.2 Å². The predicted molar refractivity (Wildman–Crippen MR) is 66.6 cm³/mol. The van der Waals surface area contributed by atoms with Gasteiger partial charge in [0.05, 0.1) is 0 Å². The topological polar surface area (TPSA) is 64.1 Å². The maximum absolute atomic E-state index is 7.45. The smallest absolute Gasteiger partial charge is 0.0428 e. The molecule has 0 amide bonds. The highest BCUT2D eigenvalue weighted by molar-refractivity contribution is 5.86. The van der Waals surface area contributed by atoms with Crippen LogP contribution in [0.3, 0.4) is 0 Å². The van der Waals surface area contributed by atoms with Gasteiger partial charge in [-0.2, -0.15) is 0 Å². The molecule has 0 aromatic rings. The van der Waals surface area contributed by atoms with E-state index in [0.717, 1.165) is 0 Å². The van der Waals surface area contributed by atoms with Crippen molar-refractivity contribution in [3.8, 4) is 0 Å². The van der Waals surface area contributed by atoms with Crippen molar-refractivity contribution in [3.05, 3.63) is 0 Å². The molecule has 6 heteroatoms. The van der Waals surface area contributed by atoms with Crippen LogP contribution >= 0.6 is 37.2 Å². The summed E-state index contributed by atoms with van der Waals surface area (Å²) in [5, 5.41) is 2.32. The van der Waals surface area contributed by atoms with Crippen molar-refractivity contribution in [2.45, 2.75) is 19.2 Å². The molecule has 0 aliphatic carbocycles. The molecule has 0 aliphatic heterocycles. The molecule has 86 valence electrons. The van der Waals surface area contributed by atoms with Gasteiger partial charge in [0.25, 0.3) is 0 Å². The molecule has 0 saturated heterocycles. The quantitative estimate of drug-likeness (QED) is 0.597. The molecule has 13 heavy (non-hydrogen) atoms. The molecule has 0 bridgehead atoms. The number of rotatable bonds is 7. The highest BCUT2D eigenvalue weighted by Gasteiger charge is 1.85. The molecule has 0 saturated carbocycles. The third kappa shape index (κ3) is 24.5. The molecule has 0 aromatic carbocycles. The Balaban J connectivity index is -0.000000375. The fraction of sp³-hybridized carbons (Fsp3) is 1.00. The zero-order chi connectivity index (χ0) is 13.0. The largest absolute Gasteiger partial charge is 0.330 e. The highest BCUT2D eigenvalue weighted by Crippen LogP contribution is 1.81. The lowest BCUT2D eigenvalue weighted by molar-refractivity contribution is 0.611. The van der Waals surface area contributed by atoms with E-state index in [2.05, 4.69) is 5.32 Å². The average molecular weight is 261 g/mol. The molecule has 0 aliphatic rings. The Hall–Kier alpha value is 0.750. The van der Waals surface area contributed by atoms with Gasteiger partial charge in [-0.25, -0.2) is 0 Å². The number of nitrogens with one attached hydrogen (secondary N) is 1. The van der Waals surface area contributed by atoms with E-state index in [1.807, 2.05) is 0 Å². The molecule has 0 rings (SSSR count). The summed E-state index contributed by atoms with van der Waals surface area (Å²) in [7, 11) is 0. The standard InChI is InChI=1S/C7H19N3.3ClH/c8-4-1-2-6-10-7-3-5-9;;;/h10H,1-9H2;3*1H/i3D2,5D2,7D2;;;. The molecule has 0 aromatic heterocycles. The van der Waals surface area contributed by atoms with E-state index in [1.165, 1.54) is 0 Å². The summed E-state index contributed by atoms with van der Waals surface area (Å²) in [5.74, 6) is 0. The Morgan fingerprint density at radius 2 is 1.69 bits per heavy atom. The summed E-state index contributed by atoms with van der Waals surface area (Å²) in [4.78, 5) is 0. The zero-order valence-electron chi connectivity index (χ0n) is 13.2. The molecular weight excluding hydrogens is 232 g/mol. The van der Waals surface area contributed by atoms with E-state index in [1.54, 1.807) is 0 Å². The van der Waals surface area contributed by atoms with Gasteiger partial charge < -0.3 is 16.8 Å². The minimum Gasteiger partial charge on any atom is -0.330 e. The van der Waals surface area contributed by atoms with Crippen LogP contribution in [0, 0.1) is 0 Å². The Kier molecular flexibility index (Phi) is 15.9. The average Bonchev–Trinajstić information content (AvgIpc) is 2.10. The van der Waals surface area contributed by atoms with Gasteiger partial charge in [0, 0.05) is 8.22 Å². The van der Waals surface area contributed by atoms with Crippen molar-refractivity contribution in [3.63, 3.8) is 0 Å². The predicted octanol–water partition coefficient (Wildman–Crippen LogP) is 0.929. The molecule has 0 heterocycles. The third-order valence-electron chi connectivity index (χ3n) is 0.979. The Labute approximate surface area is 108 Å². The molecular formula is C7H22Cl3N3. The Morgan fingerprint density at radius 3 is 2.15 bits per heavy atom. The lowest BCUT2D eigenvalue weighted by Crippen LogP contribution is -2.19. The van der Waals surface area contributed by atoms with E-state index in [-0.39, 0.29) is 43.8 Å². The van der Waals surface area contributed by atoms with Crippen LogP contribution in [-0.2, 0) is 0 Å². The van der Waals surface area contributed by atoms with E-state index in [4.69, 9.17) is 19.7 Å². The van der Waals surface area contributed by atoms with Crippen LogP contribution in [0.1, 0.15) is 27.4 Å². The molecule has 0 unspecified atom stereocenters. The van der Waals surface area contributed by atoms with Crippen molar-refractivity contribution in [2.75, 3.05) is 26.1 Å². The minimum atomic E-state index is -2.82. The van der Waals surface area contributed by atoms with E-state index in [9.17, 15) is 0 Å². The van der Waals surface area contributed by atoms with Crippen molar-refractivity contribution in [2.24, 2.45) is 11.5 Å². The summed E-state index contributed by atoms with van der Waals surface area (Å²) in [6.45, 7) is -4.58. The summed E-state index contributed by atoms with van der Waals surface area (Å²) >= 11 is 0. The number of halogens is 3. The molecule has 0 spiro atoms. The first kappa shape index (κ1) is 9.01.